The lowest BCUT2D eigenvalue weighted by Gasteiger charge is -2.18. The second-order valence-corrected chi connectivity index (χ2v) is 6.96. The molecule has 0 aliphatic rings. The maximum Gasteiger partial charge on any atom is 0.338 e. The zero-order chi connectivity index (χ0) is 20.4. The van der Waals surface area contributed by atoms with Crippen molar-refractivity contribution in [2.45, 2.75) is 39.8 Å². The molecule has 2 unspecified atom stereocenters. The van der Waals surface area contributed by atoms with Crippen LogP contribution in [0.5, 0.6) is 0 Å². The van der Waals surface area contributed by atoms with E-state index in [0.717, 1.165) is 27.7 Å². The van der Waals surface area contributed by atoms with Crippen LogP contribution in [-0.2, 0) is 9.53 Å². The molecule has 146 valence electrons. The first-order valence-electron chi connectivity index (χ1n) is 9.12. The van der Waals surface area contributed by atoms with Gasteiger partial charge in [0.1, 0.15) is 5.82 Å². The van der Waals surface area contributed by atoms with Crippen LogP contribution in [0.15, 0.2) is 42.5 Å². The Morgan fingerprint density at radius 1 is 1.07 bits per heavy atom. The lowest BCUT2D eigenvalue weighted by molar-refractivity contribution is -0.129. The lowest BCUT2D eigenvalue weighted by atomic mass is 10.1. The molecule has 2 aromatic carbocycles. The summed E-state index contributed by atoms with van der Waals surface area (Å²) in [6, 6.07) is 10.8. The summed E-state index contributed by atoms with van der Waals surface area (Å²) in [5, 5.41) is 3.72. The van der Waals surface area contributed by atoms with Crippen molar-refractivity contribution in [3.8, 4) is 0 Å². The normalized spacial score (nSPS) is 13.2. The van der Waals surface area contributed by atoms with Crippen LogP contribution in [0.3, 0.4) is 0 Å². The fourth-order valence-corrected chi connectivity index (χ4v) is 3.04. The third-order valence-electron chi connectivity index (χ3n) is 4.93. The van der Waals surface area contributed by atoms with Gasteiger partial charge < -0.3 is 15.0 Å². The van der Waals surface area contributed by atoms with Crippen LogP contribution in [0.4, 0.5) is 4.39 Å². The van der Waals surface area contributed by atoms with Gasteiger partial charge in [0, 0.05) is 16.6 Å². The van der Waals surface area contributed by atoms with E-state index in [1.54, 1.807) is 31.2 Å². The second-order valence-electron chi connectivity index (χ2n) is 6.96. The highest BCUT2D eigenvalue weighted by Crippen LogP contribution is 2.23. The number of halogens is 1. The topological polar surface area (TPSA) is 71.2 Å². The van der Waals surface area contributed by atoms with E-state index in [0.29, 0.717) is 5.56 Å². The Bertz CT molecular complexity index is 1020. The number of ether oxygens (including phenoxy) is 1. The van der Waals surface area contributed by atoms with Crippen LogP contribution in [0.1, 0.15) is 47.1 Å². The largest absolute Gasteiger partial charge is 0.449 e. The molecule has 5 nitrogen and oxygen atoms in total. The molecule has 28 heavy (non-hydrogen) atoms. The Balaban J connectivity index is 1.65. The minimum Gasteiger partial charge on any atom is -0.449 e. The minimum absolute atomic E-state index is 0.337. The molecule has 3 aromatic rings. The van der Waals surface area contributed by atoms with Gasteiger partial charge in [0.05, 0.1) is 11.6 Å². The molecule has 2 atom stereocenters. The molecule has 6 heteroatoms. The van der Waals surface area contributed by atoms with Gasteiger partial charge in [-0.15, -0.1) is 0 Å². The number of amides is 1. The summed E-state index contributed by atoms with van der Waals surface area (Å²) >= 11 is 0. The van der Waals surface area contributed by atoms with E-state index in [2.05, 4.69) is 10.3 Å². The SMILES string of the molecule is Cc1[nH]c2ccc(C(=O)OC(C)C(=O)NC(C)c3ccc(F)cc3)cc2c1C. The quantitative estimate of drug-likeness (QED) is 0.645. The number of hydrogen-bond donors (Lipinski definition) is 2. The number of rotatable bonds is 5. The van der Waals surface area contributed by atoms with Crippen molar-refractivity contribution < 1.29 is 18.7 Å². The number of aromatic nitrogens is 1. The number of aromatic amines is 1. The highest BCUT2D eigenvalue weighted by atomic mass is 19.1. The van der Waals surface area contributed by atoms with E-state index >= 15 is 0 Å². The third-order valence-corrected chi connectivity index (χ3v) is 4.93. The van der Waals surface area contributed by atoms with Crippen LogP contribution < -0.4 is 5.32 Å². The summed E-state index contributed by atoms with van der Waals surface area (Å²) in [5.41, 5.74) is 4.22. The smallest absolute Gasteiger partial charge is 0.338 e. The monoisotopic (exact) mass is 382 g/mol. The number of carbonyl (C=O) groups is 2. The van der Waals surface area contributed by atoms with E-state index in [1.807, 2.05) is 19.9 Å². The summed E-state index contributed by atoms with van der Waals surface area (Å²) in [6.07, 6.45) is -0.958. The van der Waals surface area contributed by atoms with E-state index in [-0.39, 0.29) is 11.9 Å². The molecule has 0 aliphatic carbocycles. The Labute approximate surface area is 162 Å². The first-order chi connectivity index (χ1) is 13.3. The molecule has 2 N–H and O–H groups in total. The van der Waals surface area contributed by atoms with Gasteiger partial charge in [0.2, 0.25) is 0 Å². The Morgan fingerprint density at radius 2 is 1.75 bits per heavy atom. The lowest BCUT2D eigenvalue weighted by Crippen LogP contribution is -2.37. The van der Waals surface area contributed by atoms with Gasteiger partial charge in [-0.2, -0.15) is 0 Å². The van der Waals surface area contributed by atoms with Gasteiger partial charge in [-0.3, -0.25) is 4.79 Å². The molecular weight excluding hydrogens is 359 g/mol. The molecule has 1 aromatic heterocycles. The molecule has 1 heterocycles. The maximum atomic E-state index is 13.0. The van der Waals surface area contributed by atoms with E-state index in [4.69, 9.17) is 4.74 Å². The zero-order valence-corrected chi connectivity index (χ0v) is 16.3. The highest BCUT2D eigenvalue weighted by molar-refractivity contribution is 5.97. The van der Waals surface area contributed by atoms with Crippen molar-refractivity contribution in [2.24, 2.45) is 0 Å². The number of fused-ring (bicyclic) bond motifs is 1. The van der Waals surface area contributed by atoms with Crippen molar-refractivity contribution in [1.82, 2.24) is 10.3 Å². The van der Waals surface area contributed by atoms with Crippen molar-refractivity contribution in [3.05, 3.63) is 70.7 Å². The van der Waals surface area contributed by atoms with E-state index in [1.165, 1.54) is 19.1 Å². The predicted molar refractivity (Wildman–Crippen MR) is 106 cm³/mol. The summed E-state index contributed by atoms with van der Waals surface area (Å²) in [7, 11) is 0. The van der Waals surface area contributed by atoms with Gasteiger partial charge in [0.25, 0.3) is 5.91 Å². The Kier molecular flexibility index (Phi) is 5.49. The molecule has 0 fully saturated rings. The van der Waals surface area contributed by atoms with E-state index < -0.39 is 18.0 Å². The molecule has 0 aliphatic heterocycles. The van der Waals surface area contributed by atoms with Gasteiger partial charge in [-0.1, -0.05) is 12.1 Å². The first kappa shape index (κ1) is 19.6. The molecule has 0 saturated carbocycles. The molecule has 0 bridgehead atoms. The third kappa shape index (κ3) is 4.06. The number of nitrogens with one attached hydrogen (secondary N) is 2. The van der Waals surface area contributed by atoms with Crippen LogP contribution >= 0.6 is 0 Å². The number of hydrogen-bond acceptors (Lipinski definition) is 3. The van der Waals surface area contributed by atoms with Crippen molar-refractivity contribution in [2.75, 3.05) is 0 Å². The van der Waals surface area contributed by atoms with Gasteiger partial charge in [-0.05, 0) is 69.2 Å². The predicted octanol–water partition coefficient (Wildman–Crippen LogP) is 4.35. The Hall–Kier alpha value is -3.15. The number of aryl methyl sites for hydroxylation is 2. The molecule has 0 radical (unpaired) electrons. The first-order valence-corrected chi connectivity index (χ1v) is 9.12. The summed E-state index contributed by atoms with van der Waals surface area (Å²) in [5.74, 6) is -1.31. The van der Waals surface area contributed by atoms with Crippen molar-refractivity contribution in [3.63, 3.8) is 0 Å². The molecule has 0 spiro atoms. The van der Waals surface area contributed by atoms with Crippen LogP contribution in [-0.4, -0.2) is 23.0 Å². The zero-order valence-electron chi connectivity index (χ0n) is 16.3. The van der Waals surface area contributed by atoms with Gasteiger partial charge in [-0.25, -0.2) is 9.18 Å². The Morgan fingerprint density at radius 3 is 2.43 bits per heavy atom. The number of H-pyrrole nitrogens is 1. The molecule has 1 amide bonds. The molecular formula is C22H23FN2O3. The number of esters is 1. The van der Waals surface area contributed by atoms with Crippen molar-refractivity contribution in [1.29, 1.82) is 0 Å². The molecule has 3 rings (SSSR count). The second kappa shape index (κ2) is 7.84. The fraction of sp³-hybridized carbons (Fsp3) is 0.273. The van der Waals surface area contributed by atoms with Gasteiger partial charge in [0.15, 0.2) is 6.10 Å². The summed E-state index contributed by atoms with van der Waals surface area (Å²) in [6.45, 7) is 7.26. The minimum atomic E-state index is -0.958. The summed E-state index contributed by atoms with van der Waals surface area (Å²) in [4.78, 5) is 28.1. The maximum absolute atomic E-state index is 13.0. The number of benzene rings is 2. The fourth-order valence-electron chi connectivity index (χ4n) is 3.04. The van der Waals surface area contributed by atoms with Crippen LogP contribution in [0, 0.1) is 19.7 Å². The highest BCUT2D eigenvalue weighted by Gasteiger charge is 2.21. The van der Waals surface area contributed by atoms with Crippen LogP contribution in [0.25, 0.3) is 10.9 Å². The van der Waals surface area contributed by atoms with Crippen molar-refractivity contribution >= 4 is 22.8 Å². The van der Waals surface area contributed by atoms with E-state index in [9.17, 15) is 14.0 Å². The standard InChI is InChI=1S/C22H23FN2O3/c1-12-13(2)24-20-10-7-17(11-19(12)20)22(27)28-15(4)21(26)25-14(3)16-5-8-18(23)9-6-16/h5-11,14-15,24H,1-4H3,(H,25,26). The average Bonchev–Trinajstić information content (AvgIpc) is 2.95. The van der Waals surface area contributed by atoms with Crippen LogP contribution in [0.2, 0.25) is 0 Å². The number of carbonyl (C=O) groups excluding carboxylic acids is 2. The van der Waals surface area contributed by atoms with Gasteiger partial charge >= 0.3 is 5.97 Å². The summed E-state index contributed by atoms with van der Waals surface area (Å²) < 4.78 is 18.4. The molecule has 0 saturated heterocycles. The average molecular weight is 382 g/mol.